The van der Waals surface area contributed by atoms with E-state index in [0.29, 0.717) is 13.2 Å². The molecule has 24 heavy (non-hydrogen) atoms. The average Bonchev–Trinajstić information content (AvgIpc) is 3.01. The molecule has 1 aromatic carbocycles. The first-order valence-electron chi connectivity index (χ1n) is 8.02. The molecule has 0 N–H and O–H groups in total. The van der Waals surface area contributed by atoms with Gasteiger partial charge >= 0.3 is 0 Å². The Bertz CT molecular complexity index is 863. The van der Waals surface area contributed by atoms with E-state index < -0.39 is 0 Å². The number of anilines is 1. The molecule has 7 heteroatoms. The topological polar surface area (TPSA) is 65.3 Å². The zero-order chi connectivity index (χ0) is 16.5. The Hall–Kier alpha value is -2.83. The van der Waals surface area contributed by atoms with Gasteiger partial charge in [0.05, 0.1) is 18.1 Å². The summed E-state index contributed by atoms with van der Waals surface area (Å²) >= 11 is 0. The third-order valence-electron chi connectivity index (χ3n) is 4.18. The van der Waals surface area contributed by atoms with Crippen LogP contribution in [0, 0.1) is 0 Å². The fourth-order valence-electron chi connectivity index (χ4n) is 2.97. The highest BCUT2D eigenvalue weighted by atomic mass is 16.6. The van der Waals surface area contributed by atoms with Gasteiger partial charge in [0, 0.05) is 13.6 Å². The monoisotopic (exact) mass is 325 g/mol. The van der Waals surface area contributed by atoms with Gasteiger partial charge in [-0.05, 0) is 19.1 Å². The number of aromatic nitrogens is 4. The molecule has 0 radical (unpaired) electrons. The van der Waals surface area contributed by atoms with Gasteiger partial charge in [-0.1, -0.05) is 12.1 Å². The highest BCUT2D eigenvalue weighted by molar-refractivity contribution is 5.86. The number of fused-ring (bicyclic) bond motifs is 2. The lowest BCUT2D eigenvalue weighted by molar-refractivity contribution is 0.0953. The van der Waals surface area contributed by atoms with Crippen molar-refractivity contribution in [3.63, 3.8) is 0 Å². The Morgan fingerprint density at radius 1 is 1.25 bits per heavy atom. The van der Waals surface area contributed by atoms with Crippen LogP contribution in [0.5, 0.6) is 11.5 Å². The molecule has 1 aliphatic rings. The van der Waals surface area contributed by atoms with Gasteiger partial charge in [-0.15, -0.1) is 0 Å². The van der Waals surface area contributed by atoms with E-state index in [2.05, 4.69) is 26.9 Å². The van der Waals surface area contributed by atoms with Gasteiger partial charge in [-0.25, -0.2) is 9.97 Å². The van der Waals surface area contributed by atoms with Crippen LogP contribution in [0.3, 0.4) is 0 Å². The molecule has 0 bridgehead atoms. The fraction of sp³-hybridized carbons (Fsp3) is 0.353. The van der Waals surface area contributed by atoms with Crippen LogP contribution in [-0.2, 0) is 7.05 Å². The SMILES string of the molecule is CCN(C[C@@H]1COc2ccccc2O1)c1ncnc2c1cnn2C. The molecule has 2 aromatic heterocycles. The number of benzene rings is 1. The van der Waals surface area contributed by atoms with Crippen LogP contribution in [0.25, 0.3) is 11.0 Å². The highest BCUT2D eigenvalue weighted by Crippen LogP contribution is 2.31. The molecule has 3 heterocycles. The summed E-state index contributed by atoms with van der Waals surface area (Å²) in [5.74, 6) is 2.46. The molecule has 3 aromatic rings. The van der Waals surface area contributed by atoms with Gasteiger partial charge in [0.1, 0.15) is 18.8 Å². The van der Waals surface area contributed by atoms with Gasteiger partial charge in [0.15, 0.2) is 23.3 Å². The molecule has 0 fully saturated rings. The van der Waals surface area contributed by atoms with Gasteiger partial charge < -0.3 is 14.4 Å². The maximum Gasteiger partial charge on any atom is 0.163 e. The van der Waals surface area contributed by atoms with E-state index in [1.807, 2.05) is 31.3 Å². The molecule has 0 amide bonds. The lowest BCUT2D eigenvalue weighted by Crippen LogP contribution is -2.41. The molecule has 4 rings (SSSR count). The fourth-order valence-corrected chi connectivity index (χ4v) is 2.97. The average molecular weight is 325 g/mol. The van der Waals surface area contributed by atoms with E-state index in [1.54, 1.807) is 17.2 Å². The zero-order valence-electron chi connectivity index (χ0n) is 13.7. The molecule has 0 spiro atoms. The van der Waals surface area contributed by atoms with Crippen molar-refractivity contribution in [3.05, 3.63) is 36.8 Å². The van der Waals surface area contributed by atoms with E-state index in [1.165, 1.54) is 0 Å². The van der Waals surface area contributed by atoms with Crippen LogP contribution in [-0.4, -0.2) is 45.5 Å². The number of hydrogen-bond donors (Lipinski definition) is 0. The molecule has 0 aliphatic carbocycles. The van der Waals surface area contributed by atoms with Crippen molar-refractivity contribution in [2.45, 2.75) is 13.0 Å². The second kappa shape index (κ2) is 5.99. The smallest absolute Gasteiger partial charge is 0.163 e. The van der Waals surface area contributed by atoms with Crippen LogP contribution < -0.4 is 14.4 Å². The quantitative estimate of drug-likeness (QED) is 0.731. The third-order valence-corrected chi connectivity index (χ3v) is 4.18. The largest absolute Gasteiger partial charge is 0.486 e. The summed E-state index contributed by atoms with van der Waals surface area (Å²) in [6.07, 6.45) is 3.33. The van der Waals surface area contributed by atoms with Crippen LogP contribution in [0.15, 0.2) is 36.8 Å². The first-order chi connectivity index (χ1) is 11.8. The Morgan fingerprint density at radius 3 is 2.92 bits per heavy atom. The van der Waals surface area contributed by atoms with Crippen LogP contribution in [0.4, 0.5) is 5.82 Å². The Kier molecular flexibility index (Phi) is 3.68. The predicted molar refractivity (Wildman–Crippen MR) is 90.5 cm³/mol. The van der Waals surface area contributed by atoms with Crippen LogP contribution in [0.1, 0.15) is 6.92 Å². The minimum atomic E-state index is -0.0541. The van der Waals surface area contributed by atoms with Crippen molar-refractivity contribution < 1.29 is 9.47 Å². The molecule has 124 valence electrons. The van der Waals surface area contributed by atoms with E-state index in [-0.39, 0.29) is 6.10 Å². The minimum absolute atomic E-state index is 0.0541. The van der Waals surface area contributed by atoms with Crippen LogP contribution in [0.2, 0.25) is 0 Å². The van der Waals surface area contributed by atoms with Crippen molar-refractivity contribution in [3.8, 4) is 11.5 Å². The standard InChI is InChI=1S/C17H19N5O2/c1-3-22(17-13-8-20-21(2)16(13)18-11-19-17)9-12-10-23-14-6-4-5-7-15(14)24-12/h4-8,11-12H,3,9-10H2,1-2H3/t12-/m1/s1. The van der Waals surface area contributed by atoms with Gasteiger partial charge in [-0.2, -0.15) is 5.10 Å². The van der Waals surface area contributed by atoms with Crippen molar-refractivity contribution in [2.75, 3.05) is 24.6 Å². The zero-order valence-corrected chi connectivity index (χ0v) is 13.7. The van der Waals surface area contributed by atoms with Crippen molar-refractivity contribution >= 4 is 16.9 Å². The molecule has 1 atom stereocenters. The van der Waals surface area contributed by atoms with Gasteiger partial charge in [0.25, 0.3) is 0 Å². The Labute approximate surface area is 139 Å². The predicted octanol–water partition coefficient (Wildman–Crippen LogP) is 2.03. The number of nitrogens with zero attached hydrogens (tertiary/aromatic N) is 5. The van der Waals surface area contributed by atoms with Crippen molar-refractivity contribution in [1.29, 1.82) is 0 Å². The molecule has 0 unspecified atom stereocenters. The van der Waals surface area contributed by atoms with E-state index in [0.717, 1.165) is 34.9 Å². The first-order valence-corrected chi connectivity index (χ1v) is 8.02. The molecule has 0 saturated carbocycles. The minimum Gasteiger partial charge on any atom is -0.486 e. The second-order valence-corrected chi connectivity index (χ2v) is 5.74. The maximum atomic E-state index is 6.07. The molecule has 7 nitrogen and oxygen atoms in total. The summed E-state index contributed by atoms with van der Waals surface area (Å²) in [5, 5.41) is 5.22. The molecular formula is C17H19N5O2. The summed E-state index contributed by atoms with van der Waals surface area (Å²) < 4.78 is 13.6. The first kappa shape index (κ1) is 14.7. The lowest BCUT2D eigenvalue weighted by atomic mass is 10.2. The van der Waals surface area contributed by atoms with Crippen LogP contribution >= 0.6 is 0 Å². The number of para-hydroxylation sites is 2. The van der Waals surface area contributed by atoms with E-state index in [4.69, 9.17) is 9.47 Å². The molecule has 1 aliphatic heterocycles. The number of likely N-dealkylation sites (N-methyl/N-ethyl adjacent to an activating group) is 1. The summed E-state index contributed by atoms with van der Waals surface area (Å²) in [7, 11) is 1.88. The van der Waals surface area contributed by atoms with Crippen molar-refractivity contribution in [2.24, 2.45) is 7.05 Å². The lowest BCUT2D eigenvalue weighted by Gasteiger charge is -2.31. The van der Waals surface area contributed by atoms with Crippen molar-refractivity contribution in [1.82, 2.24) is 19.7 Å². The van der Waals surface area contributed by atoms with E-state index >= 15 is 0 Å². The summed E-state index contributed by atoms with van der Waals surface area (Å²) in [6.45, 7) is 4.12. The van der Waals surface area contributed by atoms with Gasteiger partial charge in [0.2, 0.25) is 0 Å². The maximum absolute atomic E-state index is 6.07. The molecular weight excluding hydrogens is 306 g/mol. The second-order valence-electron chi connectivity index (χ2n) is 5.74. The third kappa shape index (κ3) is 2.51. The normalized spacial score (nSPS) is 16.3. The number of aryl methyl sites for hydroxylation is 1. The van der Waals surface area contributed by atoms with E-state index in [9.17, 15) is 0 Å². The molecule has 0 saturated heterocycles. The summed E-state index contributed by atoms with van der Waals surface area (Å²) in [4.78, 5) is 10.9. The number of rotatable bonds is 4. The summed E-state index contributed by atoms with van der Waals surface area (Å²) in [6, 6.07) is 7.75. The Balaban J connectivity index is 1.58. The highest BCUT2D eigenvalue weighted by Gasteiger charge is 2.24. The van der Waals surface area contributed by atoms with Gasteiger partial charge in [-0.3, -0.25) is 4.68 Å². The summed E-state index contributed by atoms with van der Waals surface area (Å²) in [5.41, 5.74) is 0.824. The number of hydrogen-bond acceptors (Lipinski definition) is 6. The Morgan fingerprint density at radius 2 is 2.08 bits per heavy atom. The number of ether oxygens (including phenoxy) is 2.